The quantitative estimate of drug-likeness (QED) is 0.867. The molecule has 84 valence electrons. The van der Waals surface area contributed by atoms with E-state index in [9.17, 15) is 0 Å². The summed E-state index contributed by atoms with van der Waals surface area (Å²) in [5.41, 5.74) is 8.51. The highest BCUT2D eigenvalue weighted by Gasteiger charge is 2.00. The minimum Gasteiger partial charge on any atom is -0.328 e. The Morgan fingerprint density at radius 1 is 1.40 bits per heavy atom. The van der Waals surface area contributed by atoms with Crippen LogP contribution in [0.5, 0.6) is 0 Å². The SMILES string of the molecule is CCc1ccc(CCCC(C)N)cc1Br. The van der Waals surface area contributed by atoms with E-state index in [-0.39, 0.29) is 0 Å². The third kappa shape index (κ3) is 4.35. The fourth-order valence-corrected chi connectivity index (χ4v) is 2.37. The van der Waals surface area contributed by atoms with E-state index in [2.05, 4.69) is 48.0 Å². The molecule has 0 aliphatic carbocycles. The lowest BCUT2D eigenvalue weighted by Crippen LogP contribution is -2.14. The molecule has 0 spiro atoms. The number of rotatable bonds is 5. The molecule has 0 fully saturated rings. The molecule has 15 heavy (non-hydrogen) atoms. The topological polar surface area (TPSA) is 26.0 Å². The van der Waals surface area contributed by atoms with Gasteiger partial charge in [-0.15, -0.1) is 0 Å². The first-order valence-corrected chi connectivity index (χ1v) is 6.45. The van der Waals surface area contributed by atoms with Crippen molar-refractivity contribution < 1.29 is 0 Å². The lowest BCUT2D eigenvalue weighted by molar-refractivity contribution is 0.624. The fraction of sp³-hybridized carbons (Fsp3) is 0.538. The van der Waals surface area contributed by atoms with Gasteiger partial charge in [-0.05, 0) is 49.8 Å². The molecule has 0 aliphatic heterocycles. The summed E-state index contributed by atoms with van der Waals surface area (Å²) in [6.07, 6.45) is 4.49. The van der Waals surface area contributed by atoms with Gasteiger partial charge < -0.3 is 5.73 Å². The van der Waals surface area contributed by atoms with Gasteiger partial charge in [0.05, 0.1) is 0 Å². The summed E-state index contributed by atoms with van der Waals surface area (Å²) in [5, 5.41) is 0. The van der Waals surface area contributed by atoms with Gasteiger partial charge in [-0.3, -0.25) is 0 Å². The molecular formula is C13H20BrN. The van der Waals surface area contributed by atoms with Gasteiger partial charge in [0.2, 0.25) is 0 Å². The molecule has 0 aliphatic rings. The van der Waals surface area contributed by atoms with Crippen molar-refractivity contribution in [3.05, 3.63) is 33.8 Å². The highest BCUT2D eigenvalue weighted by atomic mass is 79.9. The number of nitrogens with two attached hydrogens (primary N) is 1. The molecule has 1 aromatic rings. The van der Waals surface area contributed by atoms with Crippen molar-refractivity contribution in [2.45, 2.75) is 45.6 Å². The van der Waals surface area contributed by atoms with Gasteiger partial charge in [-0.1, -0.05) is 35.0 Å². The first-order valence-electron chi connectivity index (χ1n) is 5.66. The van der Waals surface area contributed by atoms with Crippen molar-refractivity contribution in [3.8, 4) is 0 Å². The molecule has 0 saturated heterocycles. The number of hydrogen-bond acceptors (Lipinski definition) is 1. The van der Waals surface area contributed by atoms with Crippen LogP contribution in [0.2, 0.25) is 0 Å². The van der Waals surface area contributed by atoms with E-state index in [0.717, 1.165) is 19.3 Å². The van der Waals surface area contributed by atoms with Gasteiger partial charge in [0, 0.05) is 10.5 Å². The van der Waals surface area contributed by atoms with E-state index in [1.54, 1.807) is 0 Å². The Balaban J connectivity index is 2.52. The van der Waals surface area contributed by atoms with E-state index in [1.165, 1.54) is 22.0 Å². The van der Waals surface area contributed by atoms with Gasteiger partial charge in [0.15, 0.2) is 0 Å². The highest BCUT2D eigenvalue weighted by molar-refractivity contribution is 9.10. The van der Waals surface area contributed by atoms with Gasteiger partial charge in [0.1, 0.15) is 0 Å². The second-order valence-electron chi connectivity index (χ2n) is 4.15. The van der Waals surface area contributed by atoms with Gasteiger partial charge in [-0.25, -0.2) is 0 Å². The molecule has 1 rings (SSSR count). The van der Waals surface area contributed by atoms with Crippen LogP contribution in [0.1, 0.15) is 37.8 Å². The summed E-state index contributed by atoms with van der Waals surface area (Å²) >= 11 is 3.60. The summed E-state index contributed by atoms with van der Waals surface area (Å²) in [4.78, 5) is 0. The maximum atomic E-state index is 5.72. The normalized spacial score (nSPS) is 12.8. The van der Waals surface area contributed by atoms with Crippen LogP contribution >= 0.6 is 15.9 Å². The van der Waals surface area contributed by atoms with Crippen molar-refractivity contribution in [2.75, 3.05) is 0 Å². The Hall–Kier alpha value is -0.340. The zero-order chi connectivity index (χ0) is 11.3. The van der Waals surface area contributed by atoms with Gasteiger partial charge >= 0.3 is 0 Å². The van der Waals surface area contributed by atoms with Crippen LogP contribution in [-0.4, -0.2) is 6.04 Å². The largest absolute Gasteiger partial charge is 0.328 e. The summed E-state index contributed by atoms with van der Waals surface area (Å²) in [7, 11) is 0. The van der Waals surface area contributed by atoms with Crippen molar-refractivity contribution >= 4 is 15.9 Å². The average molecular weight is 270 g/mol. The predicted octanol–water partition coefficient (Wildman–Crippen LogP) is 3.68. The molecule has 0 amide bonds. The molecule has 1 atom stereocenters. The Bertz CT molecular complexity index is 307. The van der Waals surface area contributed by atoms with E-state index in [4.69, 9.17) is 5.73 Å². The average Bonchev–Trinajstić information content (AvgIpc) is 2.17. The lowest BCUT2D eigenvalue weighted by atomic mass is 10.0. The van der Waals surface area contributed by atoms with Crippen LogP contribution in [0, 0.1) is 0 Å². The summed E-state index contributed by atoms with van der Waals surface area (Å²) in [6.45, 7) is 4.24. The molecule has 2 heteroatoms. The lowest BCUT2D eigenvalue weighted by Gasteiger charge is -2.07. The van der Waals surface area contributed by atoms with E-state index in [1.807, 2.05) is 0 Å². The van der Waals surface area contributed by atoms with Crippen LogP contribution in [-0.2, 0) is 12.8 Å². The molecule has 2 N–H and O–H groups in total. The van der Waals surface area contributed by atoms with E-state index in [0.29, 0.717) is 6.04 Å². The minimum atomic E-state index is 0.323. The zero-order valence-corrected chi connectivity index (χ0v) is 11.2. The molecule has 0 heterocycles. The van der Waals surface area contributed by atoms with E-state index < -0.39 is 0 Å². The van der Waals surface area contributed by atoms with Crippen molar-refractivity contribution in [3.63, 3.8) is 0 Å². The number of benzene rings is 1. The summed E-state index contributed by atoms with van der Waals surface area (Å²) in [6, 6.07) is 7.00. The monoisotopic (exact) mass is 269 g/mol. The van der Waals surface area contributed by atoms with Crippen molar-refractivity contribution in [1.82, 2.24) is 0 Å². The molecule has 0 radical (unpaired) electrons. The highest BCUT2D eigenvalue weighted by Crippen LogP contribution is 2.20. The van der Waals surface area contributed by atoms with E-state index >= 15 is 0 Å². The number of hydrogen-bond donors (Lipinski definition) is 1. The molecule has 1 unspecified atom stereocenters. The fourth-order valence-electron chi connectivity index (χ4n) is 1.66. The first-order chi connectivity index (χ1) is 7.13. The Morgan fingerprint density at radius 3 is 2.67 bits per heavy atom. The predicted molar refractivity (Wildman–Crippen MR) is 70.1 cm³/mol. The van der Waals surface area contributed by atoms with Gasteiger partial charge in [-0.2, -0.15) is 0 Å². The molecule has 1 nitrogen and oxygen atoms in total. The summed E-state index contributed by atoms with van der Waals surface area (Å²) in [5.74, 6) is 0. The van der Waals surface area contributed by atoms with Crippen molar-refractivity contribution in [2.24, 2.45) is 5.73 Å². The third-order valence-corrected chi connectivity index (χ3v) is 3.36. The van der Waals surface area contributed by atoms with Crippen LogP contribution in [0.25, 0.3) is 0 Å². The first kappa shape index (κ1) is 12.7. The van der Waals surface area contributed by atoms with Crippen LogP contribution in [0.4, 0.5) is 0 Å². The Kier molecular flexibility index (Phi) is 5.34. The zero-order valence-electron chi connectivity index (χ0n) is 9.59. The smallest absolute Gasteiger partial charge is 0.0209 e. The summed E-state index contributed by atoms with van der Waals surface area (Å²) < 4.78 is 1.24. The van der Waals surface area contributed by atoms with Crippen molar-refractivity contribution in [1.29, 1.82) is 0 Å². The molecule has 0 saturated carbocycles. The Morgan fingerprint density at radius 2 is 2.13 bits per heavy atom. The molecule has 1 aromatic carbocycles. The second kappa shape index (κ2) is 6.29. The van der Waals surface area contributed by atoms with Crippen LogP contribution in [0.15, 0.2) is 22.7 Å². The molecule has 0 aromatic heterocycles. The standard InChI is InChI=1S/C13H20BrN/c1-3-12-8-7-11(9-13(12)14)6-4-5-10(2)15/h7-10H,3-6,15H2,1-2H3. The maximum absolute atomic E-state index is 5.72. The van der Waals surface area contributed by atoms with Crippen LogP contribution < -0.4 is 5.73 Å². The minimum absolute atomic E-state index is 0.323. The Labute approximate surface area is 101 Å². The second-order valence-corrected chi connectivity index (χ2v) is 5.00. The molecular weight excluding hydrogens is 250 g/mol. The number of halogens is 1. The third-order valence-electron chi connectivity index (χ3n) is 2.62. The maximum Gasteiger partial charge on any atom is 0.0209 e. The van der Waals surface area contributed by atoms with Gasteiger partial charge in [0.25, 0.3) is 0 Å². The number of aryl methyl sites for hydroxylation is 2. The van der Waals surface area contributed by atoms with Crippen LogP contribution in [0.3, 0.4) is 0 Å². The molecule has 0 bridgehead atoms.